The van der Waals surface area contributed by atoms with E-state index in [1.165, 1.54) is 28.7 Å². The summed E-state index contributed by atoms with van der Waals surface area (Å²) in [5, 5.41) is 15.3. The topological polar surface area (TPSA) is 81.9 Å². The van der Waals surface area contributed by atoms with Gasteiger partial charge in [-0.2, -0.15) is 0 Å². The molecule has 0 bridgehead atoms. The van der Waals surface area contributed by atoms with Gasteiger partial charge in [0.25, 0.3) is 0 Å². The van der Waals surface area contributed by atoms with Gasteiger partial charge >= 0.3 is 0 Å². The SMILES string of the molecule is C=CCn1c(COc2ccc(Cl)cc2Cl)nnc1SCC(=O)Nc1nc(-c2ccc(C)cc2)cs1. The molecular weight excluding hydrogens is 525 g/mol. The molecule has 0 aliphatic rings. The van der Waals surface area contributed by atoms with Crippen LogP contribution in [0.1, 0.15) is 11.4 Å². The number of aromatic nitrogens is 4. The molecule has 7 nitrogen and oxygen atoms in total. The molecule has 4 aromatic rings. The molecule has 0 radical (unpaired) electrons. The van der Waals surface area contributed by atoms with Crippen LogP contribution in [-0.4, -0.2) is 31.4 Å². The normalized spacial score (nSPS) is 10.8. The predicted molar refractivity (Wildman–Crippen MR) is 143 cm³/mol. The molecule has 2 heterocycles. The Balaban J connectivity index is 1.35. The van der Waals surface area contributed by atoms with Crippen molar-refractivity contribution in [2.24, 2.45) is 0 Å². The number of halogens is 2. The lowest BCUT2D eigenvalue weighted by Gasteiger charge is -2.10. The van der Waals surface area contributed by atoms with E-state index in [4.69, 9.17) is 27.9 Å². The maximum Gasteiger partial charge on any atom is 0.236 e. The number of hydrogen-bond donors (Lipinski definition) is 1. The Kier molecular flexibility index (Phi) is 8.46. The number of thioether (sulfide) groups is 1. The van der Waals surface area contributed by atoms with E-state index in [0.29, 0.717) is 38.5 Å². The predicted octanol–water partition coefficient (Wildman–Crippen LogP) is 6.51. The summed E-state index contributed by atoms with van der Waals surface area (Å²) in [5.74, 6) is 1.05. The Labute approximate surface area is 221 Å². The molecular formula is C24H21Cl2N5O2S2. The molecule has 0 atom stereocenters. The molecule has 0 saturated heterocycles. The Hall–Kier alpha value is -2.85. The molecule has 2 aromatic carbocycles. The number of hydrogen-bond acceptors (Lipinski definition) is 7. The summed E-state index contributed by atoms with van der Waals surface area (Å²) in [6.45, 7) is 6.45. The first-order chi connectivity index (χ1) is 16.9. The average molecular weight is 547 g/mol. The summed E-state index contributed by atoms with van der Waals surface area (Å²) in [6, 6.07) is 13.1. The summed E-state index contributed by atoms with van der Waals surface area (Å²) in [7, 11) is 0. The molecule has 180 valence electrons. The van der Waals surface area contributed by atoms with Gasteiger partial charge in [-0.25, -0.2) is 4.98 Å². The summed E-state index contributed by atoms with van der Waals surface area (Å²) in [5.41, 5.74) is 3.02. The highest BCUT2D eigenvalue weighted by molar-refractivity contribution is 7.99. The van der Waals surface area contributed by atoms with E-state index in [2.05, 4.69) is 27.1 Å². The first-order valence-electron chi connectivity index (χ1n) is 10.5. The van der Waals surface area contributed by atoms with Crippen molar-refractivity contribution in [3.63, 3.8) is 0 Å². The van der Waals surface area contributed by atoms with Gasteiger partial charge < -0.3 is 10.1 Å². The first-order valence-corrected chi connectivity index (χ1v) is 13.1. The van der Waals surface area contributed by atoms with Gasteiger partial charge in [0.1, 0.15) is 12.4 Å². The van der Waals surface area contributed by atoms with Crippen LogP contribution in [0.4, 0.5) is 5.13 Å². The second-order valence-corrected chi connectivity index (χ2v) is 10.0. The quantitative estimate of drug-likeness (QED) is 0.180. The Morgan fingerprint density at radius 2 is 2.03 bits per heavy atom. The van der Waals surface area contributed by atoms with Gasteiger partial charge in [-0.05, 0) is 25.1 Å². The molecule has 1 amide bonds. The Morgan fingerprint density at radius 3 is 2.77 bits per heavy atom. The number of anilines is 1. The zero-order chi connectivity index (χ0) is 24.8. The molecule has 0 aliphatic heterocycles. The van der Waals surface area contributed by atoms with Crippen LogP contribution in [0, 0.1) is 6.92 Å². The van der Waals surface area contributed by atoms with Crippen LogP contribution in [0.5, 0.6) is 5.75 Å². The molecule has 0 aliphatic carbocycles. The lowest BCUT2D eigenvalue weighted by molar-refractivity contribution is -0.113. The molecule has 0 spiro atoms. The van der Waals surface area contributed by atoms with Crippen LogP contribution in [0.3, 0.4) is 0 Å². The van der Waals surface area contributed by atoms with Crippen molar-refractivity contribution in [2.75, 3.05) is 11.1 Å². The molecule has 11 heteroatoms. The van der Waals surface area contributed by atoms with Gasteiger partial charge in [0.05, 0.1) is 16.5 Å². The Bertz CT molecular complexity index is 1340. The van der Waals surface area contributed by atoms with Crippen LogP contribution in [0.2, 0.25) is 10.0 Å². The summed E-state index contributed by atoms with van der Waals surface area (Å²) < 4.78 is 7.63. The molecule has 0 fully saturated rings. The number of ether oxygens (including phenoxy) is 1. The van der Waals surface area contributed by atoms with E-state index in [9.17, 15) is 4.79 Å². The van der Waals surface area contributed by atoms with Gasteiger partial charge in [0, 0.05) is 22.5 Å². The number of benzene rings is 2. The fourth-order valence-corrected chi connectivity index (χ4v) is 5.02. The minimum absolute atomic E-state index is 0.149. The maximum absolute atomic E-state index is 12.5. The van der Waals surface area contributed by atoms with Crippen molar-refractivity contribution in [2.45, 2.75) is 25.2 Å². The van der Waals surface area contributed by atoms with Crippen LogP contribution >= 0.6 is 46.3 Å². The van der Waals surface area contributed by atoms with Gasteiger partial charge in [-0.1, -0.05) is 70.9 Å². The monoisotopic (exact) mass is 545 g/mol. The molecule has 4 rings (SSSR count). The smallest absolute Gasteiger partial charge is 0.236 e. The summed E-state index contributed by atoms with van der Waals surface area (Å²) in [4.78, 5) is 17.1. The molecule has 1 N–H and O–H groups in total. The second-order valence-electron chi connectivity index (χ2n) is 7.40. The minimum Gasteiger partial charge on any atom is -0.484 e. The fourth-order valence-electron chi connectivity index (χ4n) is 3.05. The number of allylic oxidation sites excluding steroid dienone is 1. The van der Waals surface area contributed by atoms with E-state index in [-0.39, 0.29) is 18.3 Å². The van der Waals surface area contributed by atoms with Crippen molar-refractivity contribution in [3.8, 4) is 17.0 Å². The lowest BCUT2D eigenvalue weighted by atomic mass is 10.1. The highest BCUT2D eigenvalue weighted by Gasteiger charge is 2.16. The van der Waals surface area contributed by atoms with Crippen LogP contribution in [0.15, 0.2) is 65.7 Å². The minimum atomic E-state index is -0.182. The van der Waals surface area contributed by atoms with E-state index in [1.807, 2.05) is 41.1 Å². The van der Waals surface area contributed by atoms with E-state index in [0.717, 1.165) is 11.3 Å². The number of carbonyl (C=O) groups is 1. The third-order valence-corrected chi connectivity index (χ3v) is 7.04. The largest absolute Gasteiger partial charge is 0.484 e. The zero-order valence-corrected chi connectivity index (χ0v) is 21.8. The van der Waals surface area contributed by atoms with Crippen LogP contribution < -0.4 is 10.1 Å². The van der Waals surface area contributed by atoms with Crippen LogP contribution in [-0.2, 0) is 17.9 Å². The van der Waals surface area contributed by atoms with Crippen LogP contribution in [0.25, 0.3) is 11.3 Å². The molecule has 2 aromatic heterocycles. The molecule has 35 heavy (non-hydrogen) atoms. The van der Waals surface area contributed by atoms with Gasteiger partial charge in [-0.3, -0.25) is 9.36 Å². The number of amides is 1. The maximum atomic E-state index is 12.5. The molecule has 0 unspecified atom stereocenters. The van der Waals surface area contributed by atoms with Gasteiger partial charge in [0.2, 0.25) is 5.91 Å². The van der Waals surface area contributed by atoms with Gasteiger partial charge in [-0.15, -0.1) is 28.1 Å². The number of nitrogens with one attached hydrogen (secondary N) is 1. The Morgan fingerprint density at radius 1 is 1.23 bits per heavy atom. The number of aryl methyl sites for hydroxylation is 1. The van der Waals surface area contributed by atoms with E-state index in [1.54, 1.807) is 24.3 Å². The summed E-state index contributed by atoms with van der Waals surface area (Å²) in [6.07, 6.45) is 1.73. The zero-order valence-electron chi connectivity index (χ0n) is 18.7. The standard InChI is InChI=1S/C24H21Cl2N5O2S2/c1-3-10-31-21(12-33-20-9-8-17(25)11-18(20)26)29-30-24(31)35-14-22(32)28-23-27-19(13-34-23)16-6-4-15(2)5-7-16/h3-9,11,13H,1,10,12,14H2,2H3,(H,27,28,32). The second kappa shape index (κ2) is 11.7. The van der Waals surface area contributed by atoms with Crippen molar-refractivity contribution >= 4 is 57.3 Å². The molecule has 0 saturated carbocycles. The van der Waals surface area contributed by atoms with E-state index < -0.39 is 0 Å². The highest BCUT2D eigenvalue weighted by Crippen LogP contribution is 2.29. The third-order valence-electron chi connectivity index (χ3n) is 4.79. The first kappa shape index (κ1) is 25.2. The lowest BCUT2D eigenvalue weighted by Crippen LogP contribution is -2.15. The van der Waals surface area contributed by atoms with Crippen molar-refractivity contribution in [1.82, 2.24) is 19.7 Å². The number of carbonyl (C=O) groups excluding carboxylic acids is 1. The van der Waals surface area contributed by atoms with Crippen molar-refractivity contribution in [1.29, 1.82) is 0 Å². The number of rotatable bonds is 10. The third kappa shape index (κ3) is 6.64. The number of thiazole rings is 1. The highest BCUT2D eigenvalue weighted by atomic mass is 35.5. The van der Waals surface area contributed by atoms with Crippen molar-refractivity contribution < 1.29 is 9.53 Å². The van der Waals surface area contributed by atoms with Gasteiger partial charge in [0.15, 0.2) is 16.1 Å². The van der Waals surface area contributed by atoms with Crippen molar-refractivity contribution in [3.05, 3.63) is 81.9 Å². The van der Waals surface area contributed by atoms with E-state index >= 15 is 0 Å². The fraction of sp³-hybridized carbons (Fsp3) is 0.167. The number of nitrogens with zero attached hydrogens (tertiary/aromatic N) is 4. The summed E-state index contributed by atoms with van der Waals surface area (Å²) >= 11 is 14.8. The average Bonchev–Trinajstić information content (AvgIpc) is 3.45.